The van der Waals surface area contributed by atoms with E-state index in [0.29, 0.717) is 0 Å². The molecule has 0 unspecified atom stereocenters. The summed E-state index contributed by atoms with van der Waals surface area (Å²) in [6, 6.07) is 0. The van der Waals surface area contributed by atoms with Crippen molar-refractivity contribution in [1.29, 1.82) is 0 Å². The van der Waals surface area contributed by atoms with Gasteiger partial charge in [-0.2, -0.15) is 0 Å². The van der Waals surface area contributed by atoms with Crippen LogP contribution in [0.2, 0.25) is 0 Å². The van der Waals surface area contributed by atoms with Crippen LogP contribution in [0.4, 0.5) is 0 Å². The second-order valence-electron chi connectivity index (χ2n) is 9.91. The topological polar surface area (TPSA) is 12.4 Å². The van der Waals surface area contributed by atoms with E-state index >= 15 is 0 Å². The molecule has 5 heteroatoms. The molecule has 0 bridgehead atoms. The molecule has 128 valence electrons. The molecule has 0 saturated heterocycles. The Morgan fingerprint density at radius 1 is 0.619 bits per heavy atom. The van der Waals surface area contributed by atoms with Gasteiger partial charge in [0.05, 0.1) is 0 Å². The summed E-state index contributed by atoms with van der Waals surface area (Å²) in [5, 5.41) is 0.825. The van der Waals surface area contributed by atoms with Crippen molar-refractivity contribution in [2.45, 2.75) is 104 Å². The van der Waals surface area contributed by atoms with E-state index in [2.05, 4.69) is 120 Å². The van der Waals surface area contributed by atoms with Gasteiger partial charge in [0.1, 0.15) is 0 Å². The summed E-state index contributed by atoms with van der Waals surface area (Å²) < 4.78 is 4.24. The number of rotatable bonds is 1. The zero-order chi connectivity index (χ0) is 17.7. The van der Waals surface area contributed by atoms with Gasteiger partial charge in [0, 0.05) is 0 Å². The molecule has 0 spiro atoms. The third kappa shape index (κ3) is 4.50. The Balaban J connectivity index is 6.80. The summed E-state index contributed by atoms with van der Waals surface area (Å²) in [4.78, 5) is 0. The van der Waals surface area contributed by atoms with Gasteiger partial charge in [0.25, 0.3) is 0 Å². The van der Waals surface area contributed by atoms with Gasteiger partial charge in [0.15, 0.2) is 0 Å². The van der Waals surface area contributed by atoms with E-state index in [1.807, 2.05) is 0 Å². The van der Waals surface area contributed by atoms with Gasteiger partial charge in [-0.1, -0.05) is 0 Å². The van der Waals surface area contributed by atoms with E-state index in [9.17, 15) is 0 Å². The number of hydrogen-bond donors (Lipinski definition) is 0. The van der Waals surface area contributed by atoms with Crippen LogP contribution in [0, 0.1) is 0 Å². The first kappa shape index (κ1) is 22.9. The zero-order valence-corrected chi connectivity index (χ0v) is 21.8. The van der Waals surface area contributed by atoms with Crippen molar-refractivity contribution >= 4 is 47.5 Å². The molecule has 0 aromatic heterocycles. The van der Waals surface area contributed by atoms with Gasteiger partial charge < -0.3 is 0 Å². The number of nitrogens with zero attached hydrogens (tertiary/aromatic N) is 1. The fraction of sp³-hybridized carbons (Fsp3) is 1.00. The molecule has 0 amide bonds. The summed E-state index contributed by atoms with van der Waals surface area (Å²) in [5.74, 6) is 0. The SMILES string of the molecule is CC(C)(C)P(=[Se])(N=P(I)(C(C)(C)C)C(C)(C)C)C(C)(C)C. The van der Waals surface area contributed by atoms with Crippen LogP contribution in [-0.2, 0) is 0 Å². The van der Waals surface area contributed by atoms with Gasteiger partial charge in [-0.05, 0) is 0 Å². The molecule has 0 aromatic carbocycles. The summed E-state index contributed by atoms with van der Waals surface area (Å²) in [5.41, 5.74) is -1.61. The van der Waals surface area contributed by atoms with Crippen molar-refractivity contribution in [2.75, 3.05) is 0 Å². The number of hydrogen-bond acceptors (Lipinski definition) is 1. The van der Waals surface area contributed by atoms with Crippen molar-refractivity contribution in [3.63, 3.8) is 0 Å². The van der Waals surface area contributed by atoms with Crippen LogP contribution in [-0.4, -0.2) is 35.7 Å². The number of halogens is 1. The van der Waals surface area contributed by atoms with E-state index in [0.717, 1.165) is 0 Å². The van der Waals surface area contributed by atoms with Crippen LogP contribution >= 0.6 is 32.4 Å². The van der Waals surface area contributed by atoms with E-state index in [1.54, 1.807) is 0 Å². The molecule has 21 heavy (non-hydrogen) atoms. The van der Waals surface area contributed by atoms with E-state index in [4.69, 9.17) is 4.52 Å². The summed E-state index contributed by atoms with van der Waals surface area (Å²) in [6.07, 6.45) is 0. The monoisotopic (exact) mass is 511 g/mol. The predicted molar refractivity (Wildman–Crippen MR) is 115 cm³/mol. The minimum atomic E-state index is -1.61. The van der Waals surface area contributed by atoms with Crippen molar-refractivity contribution in [3.05, 3.63) is 0 Å². The molecule has 0 aliphatic carbocycles. The molecule has 0 aliphatic rings. The van der Waals surface area contributed by atoms with Gasteiger partial charge >= 0.3 is 156 Å². The second-order valence-corrected chi connectivity index (χ2v) is 25.8. The molecule has 1 nitrogen and oxygen atoms in total. The summed E-state index contributed by atoms with van der Waals surface area (Å²) in [6.45, 7) is 28.4. The van der Waals surface area contributed by atoms with Gasteiger partial charge in [-0.25, -0.2) is 0 Å². The molecule has 0 radical (unpaired) electrons. The Bertz CT molecular complexity index is 446. The molecule has 0 atom stereocenters. The molecular weight excluding hydrogens is 474 g/mol. The van der Waals surface area contributed by atoms with Crippen molar-refractivity contribution in [2.24, 2.45) is 4.52 Å². The van der Waals surface area contributed by atoms with Gasteiger partial charge in [-0.3, -0.25) is 0 Å². The zero-order valence-electron chi connectivity index (χ0n) is 16.1. The second kappa shape index (κ2) is 6.33. The van der Waals surface area contributed by atoms with Crippen LogP contribution in [0.15, 0.2) is 4.52 Å². The third-order valence-electron chi connectivity index (χ3n) is 3.85. The first-order valence-corrected chi connectivity index (χ1v) is 16.1. The maximum atomic E-state index is 5.78. The minimum absolute atomic E-state index is 0.193. The Morgan fingerprint density at radius 2 is 0.857 bits per heavy atom. The van der Waals surface area contributed by atoms with E-state index < -0.39 is 10.4 Å². The van der Waals surface area contributed by atoms with Crippen LogP contribution in [0.25, 0.3) is 0 Å². The van der Waals surface area contributed by atoms with Crippen LogP contribution in [0.3, 0.4) is 0 Å². The van der Waals surface area contributed by atoms with Gasteiger partial charge in [0.2, 0.25) is 0 Å². The average Bonchev–Trinajstić information content (AvgIpc) is 2.09. The first-order valence-electron chi connectivity index (χ1n) is 7.65. The van der Waals surface area contributed by atoms with E-state index in [-0.39, 0.29) is 20.6 Å². The molecular formula is C16H36INP2Se. The van der Waals surface area contributed by atoms with Crippen molar-refractivity contribution in [3.8, 4) is 0 Å². The molecule has 0 N–H and O–H groups in total. The van der Waals surface area contributed by atoms with Crippen LogP contribution < -0.4 is 0 Å². The summed E-state index contributed by atoms with van der Waals surface area (Å²) in [7, 11) is 0. The van der Waals surface area contributed by atoms with Crippen molar-refractivity contribution < 1.29 is 0 Å². The van der Waals surface area contributed by atoms with Crippen LogP contribution in [0.5, 0.6) is 0 Å². The molecule has 0 rings (SSSR count). The quantitative estimate of drug-likeness (QED) is 0.194. The molecule has 0 heterocycles. The Kier molecular flexibility index (Phi) is 6.90. The molecule has 0 saturated carbocycles. The van der Waals surface area contributed by atoms with Crippen LogP contribution in [0.1, 0.15) is 83.1 Å². The Hall–Kier alpha value is 1.91. The van der Waals surface area contributed by atoms with Gasteiger partial charge in [-0.15, -0.1) is 0 Å². The standard InChI is InChI=1S/C16H36INP2Se/c1-13(2,3)19(17,14(4,5)6)18-20(21,15(7,8)9)16(10,11)12/h1-12H3. The predicted octanol–water partition coefficient (Wildman–Crippen LogP) is 7.75. The fourth-order valence-electron chi connectivity index (χ4n) is 2.72. The molecule has 0 aromatic rings. The molecule has 0 aliphatic heterocycles. The average molecular weight is 510 g/mol. The third-order valence-corrected chi connectivity index (χ3v) is 31.7. The Labute approximate surface area is 155 Å². The normalized spacial score (nSPS) is 16.0. The maximum absolute atomic E-state index is 5.78. The van der Waals surface area contributed by atoms with Crippen molar-refractivity contribution in [1.82, 2.24) is 0 Å². The fourth-order valence-corrected chi connectivity index (χ4v) is 19.8. The van der Waals surface area contributed by atoms with E-state index in [1.165, 1.54) is 0 Å². The first-order chi connectivity index (χ1) is 8.71. The molecule has 0 fully saturated rings. The summed E-state index contributed by atoms with van der Waals surface area (Å²) >= 11 is 6.38. The Morgan fingerprint density at radius 3 is 1.00 bits per heavy atom.